The second kappa shape index (κ2) is 5.80. The van der Waals surface area contributed by atoms with E-state index >= 15 is 0 Å². The van der Waals surface area contributed by atoms with E-state index in [2.05, 4.69) is 0 Å². The highest BCUT2D eigenvalue weighted by Gasteiger charge is 2.24. The molecule has 1 rings (SSSR count). The van der Waals surface area contributed by atoms with E-state index in [4.69, 9.17) is 10.5 Å². The lowest BCUT2D eigenvalue weighted by Gasteiger charge is -2.19. The fourth-order valence-electron chi connectivity index (χ4n) is 1.41. The minimum Gasteiger partial charge on any atom is -0.491 e. The molecule has 18 heavy (non-hydrogen) atoms. The Morgan fingerprint density at radius 3 is 2.61 bits per heavy atom. The van der Waals surface area contributed by atoms with Gasteiger partial charge < -0.3 is 10.5 Å². The molecule has 1 aromatic rings. The summed E-state index contributed by atoms with van der Waals surface area (Å²) < 4.78 is 31.0. The average Bonchev–Trinajstić information content (AvgIpc) is 2.26. The first-order valence-corrected chi connectivity index (χ1v) is 5.71. The number of ether oxygens (including phenoxy) is 1. The third-order valence-electron chi connectivity index (χ3n) is 2.76. The van der Waals surface area contributed by atoms with Crippen LogP contribution >= 0.6 is 0 Å². The monoisotopic (exact) mass is 257 g/mol. The number of benzene rings is 1. The lowest BCUT2D eigenvalue weighted by atomic mass is 9.87. The van der Waals surface area contributed by atoms with Crippen molar-refractivity contribution in [3.63, 3.8) is 0 Å². The number of nitrogens with two attached hydrogens (primary N) is 1. The first-order valence-electron chi connectivity index (χ1n) is 5.71. The Labute approximate surface area is 105 Å². The molecule has 0 fully saturated rings. The van der Waals surface area contributed by atoms with Crippen LogP contribution in [0.4, 0.5) is 8.78 Å². The van der Waals surface area contributed by atoms with Crippen LogP contribution in [0.15, 0.2) is 18.2 Å². The van der Waals surface area contributed by atoms with E-state index in [1.807, 2.05) is 0 Å². The van der Waals surface area contributed by atoms with Gasteiger partial charge in [0.15, 0.2) is 11.6 Å². The normalized spacial score (nSPS) is 11.3. The second-order valence-electron chi connectivity index (χ2n) is 4.77. The summed E-state index contributed by atoms with van der Waals surface area (Å²) in [5, 5.41) is 0. The Morgan fingerprint density at radius 1 is 1.39 bits per heavy atom. The van der Waals surface area contributed by atoms with E-state index < -0.39 is 17.0 Å². The summed E-state index contributed by atoms with van der Waals surface area (Å²) in [5.41, 5.74) is 4.62. The van der Waals surface area contributed by atoms with Crippen LogP contribution in [0.1, 0.15) is 26.7 Å². The van der Waals surface area contributed by atoms with Gasteiger partial charge >= 0.3 is 0 Å². The zero-order chi connectivity index (χ0) is 13.8. The maximum Gasteiger partial charge on any atom is 0.223 e. The lowest BCUT2D eigenvalue weighted by Crippen LogP contribution is -2.31. The highest BCUT2D eigenvalue weighted by molar-refractivity contribution is 5.79. The molecule has 0 spiro atoms. The molecule has 0 aliphatic carbocycles. The molecule has 0 saturated heterocycles. The van der Waals surface area contributed by atoms with E-state index in [0.29, 0.717) is 12.8 Å². The smallest absolute Gasteiger partial charge is 0.223 e. The molecule has 1 amide bonds. The van der Waals surface area contributed by atoms with E-state index in [9.17, 15) is 13.6 Å². The van der Waals surface area contributed by atoms with Crippen LogP contribution < -0.4 is 10.5 Å². The van der Waals surface area contributed by atoms with E-state index in [0.717, 1.165) is 12.1 Å². The van der Waals surface area contributed by atoms with Gasteiger partial charge in [-0.15, -0.1) is 0 Å². The van der Waals surface area contributed by atoms with Crippen LogP contribution in [0, 0.1) is 17.0 Å². The highest BCUT2D eigenvalue weighted by atomic mass is 19.1. The molecule has 0 saturated carbocycles. The molecule has 0 aliphatic rings. The number of primary amides is 1. The molecule has 0 atom stereocenters. The van der Waals surface area contributed by atoms with Gasteiger partial charge in [-0.1, -0.05) is 13.8 Å². The Hall–Kier alpha value is -1.65. The molecule has 1 aromatic carbocycles. The number of carbonyl (C=O) groups excluding carboxylic acids is 1. The SMILES string of the molecule is CC(C)(CCCOc1ccc(F)cc1F)C(N)=O. The molecule has 0 heterocycles. The van der Waals surface area contributed by atoms with Gasteiger partial charge in [0.05, 0.1) is 6.61 Å². The number of carbonyl (C=O) groups is 1. The highest BCUT2D eigenvalue weighted by Crippen LogP contribution is 2.22. The first kappa shape index (κ1) is 14.4. The van der Waals surface area contributed by atoms with Gasteiger partial charge in [-0.3, -0.25) is 4.79 Å². The molecular formula is C13H17F2NO2. The van der Waals surface area contributed by atoms with Crippen LogP contribution in [0.25, 0.3) is 0 Å². The molecule has 100 valence electrons. The predicted octanol–water partition coefficient (Wildman–Crippen LogP) is 2.64. The fraction of sp³-hybridized carbons (Fsp3) is 0.462. The third-order valence-corrected chi connectivity index (χ3v) is 2.76. The van der Waals surface area contributed by atoms with Crippen molar-refractivity contribution in [1.29, 1.82) is 0 Å². The van der Waals surface area contributed by atoms with Crippen molar-refractivity contribution in [1.82, 2.24) is 0 Å². The third kappa shape index (κ3) is 3.98. The van der Waals surface area contributed by atoms with Crippen LogP contribution in [-0.2, 0) is 4.79 Å². The van der Waals surface area contributed by atoms with Crippen molar-refractivity contribution in [2.75, 3.05) is 6.61 Å². The molecule has 3 nitrogen and oxygen atoms in total. The standard InChI is InChI=1S/C13H17F2NO2/c1-13(2,12(16)17)6-3-7-18-11-5-4-9(14)8-10(11)15/h4-5,8H,3,6-7H2,1-2H3,(H2,16,17). The van der Waals surface area contributed by atoms with Gasteiger partial charge in [0.1, 0.15) is 5.82 Å². The van der Waals surface area contributed by atoms with Crippen molar-refractivity contribution < 1.29 is 18.3 Å². The van der Waals surface area contributed by atoms with Gasteiger partial charge in [0.25, 0.3) is 0 Å². The number of halogens is 2. The molecule has 0 radical (unpaired) electrons. The topological polar surface area (TPSA) is 52.3 Å². The van der Waals surface area contributed by atoms with E-state index in [1.165, 1.54) is 6.07 Å². The zero-order valence-corrected chi connectivity index (χ0v) is 10.5. The Balaban J connectivity index is 2.41. The Kier molecular flexibility index (Phi) is 4.64. The van der Waals surface area contributed by atoms with Gasteiger partial charge in [-0.25, -0.2) is 8.78 Å². The van der Waals surface area contributed by atoms with Crippen LogP contribution in [0.5, 0.6) is 5.75 Å². The van der Waals surface area contributed by atoms with Crippen molar-refractivity contribution >= 4 is 5.91 Å². The summed E-state index contributed by atoms with van der Waals surface area (Å²) in [4.78, 5) is 11.1. The van der Waals surface area contributed by atoms with Gasteiger partial charge in [0.2, 0.25) is 5.91 Å². The lowest BCUT2D eigenvalue weighted by molar-refractivity contribution is -0.126. The predicted molar refractivity (Wildman–Crippen MR) is 64.1 cm³/mol. The molecule has 2 N–H and O–H groups in total. The van der Waals surface area contributed by atoms with Crippen LogP contribution in [0.2, 0.25) is 0 Å². The van der Waals surface area contributed by atoms with Crippen LogP contribution in [-0.4, -0.2) is 12.5 Å². The molecule has 0 aromatic heterocycles. The minimum absolute atomic E-state index is 0.00767. The first-order chi connectivity index (χ1) is 8.33. The fourth-order valence-corrected chi connectivity index (χ4v) is 1.41. The van der Waals surface area contributed by atoms with Gasteiger partial charge in [0, 0.05) is 11.5 Å². The summed E-state index contributed by atoms with van der Waals surface area (Å²) in [7, 11) is 0. The maximum atomic E-state index is 13.2. The molecule has 5 heteroatoms. The Morgan fingerprint density at radius 2 is 2.06 bits per heavy atom. The number of hydrogen-bond acceptors (Lipinski definition) is 2. The molecular weight excluding hydrogens is 240 g/mol. The molecule has 0 bridgehead atoms. The number of rotatable bonds is 6. The van der Waals surface area contributed by atoms with Gasteiger partial charge in [-0.2, -0.15) is 0 Å². The quantitative estimate of drug-likeness (QED) is 0.796. The largest absolute Gasteiger partial charge is 0.491 e. The molecule has 0 aliphatic heterocycles. The summed E-state index contributed by atoms with van der Waals surface area (Å²) >= 11 is 0. The van der Waals surface area contributed by atoms with Crippen LogP contribution in [0.3, 0.4) is 0 Å². The summed E-state index contributed by atoms with van der Waals surface area (Å²) in [6.45, 7) is 3.74. The Bertz CT molecular complexity index is 433. The van der Waals surface area contributed by atoms with Crippen molar-refractivity contribution in [2.45, 2.75) is 26.7 Å². The van der Waals surface area contributed by atoms with E-state index in [1.54, 1.807) is 13.8 Å². The summed E-state index contributed by atoms with van der Waals surface area (Å²) in [6.07, 6.45) is 1.11. The number of hydrogen-bond donors (Lipinski definition) is 1. The van der Waals surface area contributed by atoms with Gasteiger partial charge in [-0.05, 0) is 25.0 Å². The zero-order valence-electron chi connectivity index (χ0n) is 10.5. The van der Waals surface area contributed by atoms with Crippen molar-refractivity contribution in [3.05, 3.63) is 29.8 Å². The maximum absolute atomic E-state index is 13.2. The summed E-state index contributed by atoms with van der Waals surface area (Å²) in [5.74, 6) is -1.75. The molecule has 0 unspecified atom stereocenters. The number of amides is 1. The van der Waals surface area contributed by atoms with Crippen molar-refractivity contribution in [3.8, 4) is 5.75 Å². The van der Waals surface area contributed by atoms with E-state index in [-0.39, 0.29) is 18.3 Å². The van der Waals surface area contributed by atoms with Crippen molar-refractivity contribution in [2.24, 2.45) is 11.1 Å². The second-order valence-corrected chi connectivity index (χ2v) is 4.77. The summed E-state index contributed by atoms with van der Waals surface area (Å²) in [6, 6.07) is 3.14. The average molecular weight is 257 g/mol. The minimum atomic E-state index is -0.732.